The molecule has 2 rings (SSSR count). The fraction of sp³-hybridized carbons (Fsp3) is 0.481. The van der Waals surface area contributed by atoms with Gasteiger partial charge in [-0.3, -0.25) is 13.9 Å². The van der Waals surface area contributed by atoms with Crippen LogP contribution in [0.25, 0.3) is 0 Å². The highest BCUT2D eigenvalue weighted by Gasteiger charge is 2.31. The Morgan fingerprint density at radius 1 is 1.03 bits per heavy atom. The first-order valence-corrected chi connectivity index (χ1v) is 14.0. The van der Waals surface area contributed by atoms with Gasteiger partial charge >= 0.3 is 0 Å². The van der Waals surface area contributed by atoms with Gasteiger partial charge in [-0.25, -0.2) is 8.42 Å². The van der Waals surface area contributed by atoms with Crippen molar-refractivity contribution < 1.29 is 22.7 Å². The van der Waals surface area contributed by atoms with E-state index in [1.54, 1.807) is 29.2 Å². The fourth-order valence-corrected chi connectivity index (χ4v) is 4.94. The molecule has 0 saturated carbocycles. The molecule has 8 nitrogen and oxygen atoms in total. The SMILES string of the molecule is CCC(C(=O)NC(C)(C)C)N(Cc1ccccc1)C(=O)CCCN(c1ccccc1OC)S(C)(=O)=O. The van der Waals surface area contributed by atoms with Crippen molar-refractivity contribution in [1.82, 2.24) is 10.2 Å². The van der Waals surface area contributed by atoms with Gasteiger partial charge in [0.25, 0.3) is 0 Å². The smallest absolute Gasteiger partial charge is 0.243 e. The molecule has 0 aliphatic heterocycles. The second-order valence-electron chi connectivity index (χ2n) is 9.78. The van der Waals surface area contributed by atoms with E-state index in [1.807, 2.05) is 58.0 Å². The molecular weight excluding hydrogens is 478 g/mol. The number of anilines is 1. The number of nitrogens with one attached hydrogen (secondary N) is 1. The topological polar surface area (TPSA) is 96.0 Å². The largest absolute Gasteiger partial charge is 0.495 e. The molecule has 0 saturated heterocycles. The van der Waals surface area contributed by atoms with Gasteiger partial charge in [-0.05, 0) is 51.3 Å². The Kier molecular flexibility index (Phi) is 10.3. The van der Waals surface area contributed by atoms with E-state index in [0.717, 1.165) is 11.8 Å². The fourth-order valence-electron chi connectivity index (χ4n) is 3.97. The van der Waals surface area contributed by atoms with Gasteiger partial charge in [0.05, 0.1) is 19.1 Å². The van der Waals surface area contributed by atoms with E-state index in [-0.39, 0.29) is 37.7 Å². The van der Waals surface area contributed by atoms with Crippen LogP contribution in [0.1, 0.15) is 52.5 Å². The molecule has 0 fully saturated rings. The molecule has 1 atom stereocenters. The summed E-state index contributed by atoms with van der Waals surface area (Å²) >= 11 is 0. The lowest BCUT2D eigenvalue weighted by atomic mass is 10.0. The number of carbonyl (C=O) groups excluding carboxylic acids is 2. The Morgan fingerprint density at radius 2 is 1.64 bits per heavy atom. The maximum Gasteiger partial charge on any atom is 0.243 e. The van der Waals surface area contributed by atoms with Gasteiger partial charge < -0.3 is 15.0 Å². The number of amides is 2. The van der Waals surface area contributed by atoms with Crippen molar-refractivity contribution in [2.75, 3.05) is 24.2 Å². The predicted molar refractivity (Wildman–Crippen MR) is 143 cm³/mol. The summed E-state index contributed by atoms with van der Waals surface area (Å²) in [7, 11) is -2.12. The maximum atomic E-state index is 13.5. The van der Waals surface area contributed by atoms with Crippen molar-refractivity contribution in [3.63, 3.8) is 0 Å². The Labute approximate surface area is 215 Å². The average molecular weight is 518 g/mol. The summed E-state index contributed by atoms with van der Waals surface area (Å²) < 4.78 is 31.7. The van der Waals surface area contributed by atoms with Gasteiger partial charge in [0.15, 0.2) is 0 Å². The quantitative estimate of drug-likeness (QED) is 0.460. The van der Waals surface area contributed by atoms with Crippen molar-refractivity contribution in [3.05, 3.63) is 60.2 Å². The summed E-state index contributed by atoms with van der Waals surface area (Å²) in [6.45, 7) is 7.98. The molecule has 2 aromatic rings. The number of carbonyl (C=O) groups is 2. The molecule has 2 amide bonds. The van der Waals surface area contributed by atoms with Crippen LogP contribution in [0.4, 0.5) is 5.69 Å². The summed E-state index contributed by atoms with van der Waals surface area (Å²) in [6, 6.07) is 15.8. The van der Waals surface area contributed by atoms with Crippen LogP contribution in [0.15, 0.2) is 54.6 Å². The zero-order valence-corrected chi connectivity index (χ0v) is 23.0. The van der Waals surface area contributed by atoms with E-state index in [4.69, 9.17) is 4.74 Å². The number of hydrogen-bond donors (Lipinski definition) is 1. The lowest BCUT2D eigenvalue weighted by molar-refractivity contribution is -0.142. The monoisotopic (exact) mass is 517 g/mol. The number of methoxy groups -OCH3 is 1. The zero-order chi connectivity index (χ0) is 26.9. The van der Waals surface area contributed by atoms with Gasteiger partial charge in [0.2, 0.25) is 21.8 Å². The standard InChI is InChI=1S/C27H39N3O5S/c1-7-22(26(32)28-27(2,3)4)29(20-21-14-9-8-10-15-21)25(31)18-13-19-30(36(6,33)34)23-16-11-12-17-24(23)35-5/h8-12,14-17,22H,7,13,18-20H2,1-6H3,(H,28,32). The van der Waals surface area contributed by atoms with Crippen LogP contribution in [0.5, 0.6) is 5.75 Å². The predicted octanol–water partition coefficient (Wildman–Crippen LogP) is 3.96. The Bertz CT molecular complexity index is 1110. The minimum Gasteiger partial charge on any atom is -0.495 e. The van der Waals surface area contributed by atoms with Gasteiger partial charge in [-0.2, -0.15) is 0 Å². The van der Waals surface area contributed by atoms with Crippen LogP contribution in [-0.4, -0.2) is 56.6 Å². The average Bonchev–Trinajstić information content (AvgIpc) is 2.80. The molecule has 0 aliphatic carbocycles. The van der Waals surface area contributed by atoms with E-state index in [9.17, 15) is 18.0 Å². The molecule has 0 spiro atoms. The lowest BCUT2D eigenvalue weighted by Gasteiger charge is -2.33. The Balaban J connectivity index is 2.24. The van der Waals surface area contributed by atoms with Crippen LogP contribution in [-0.2, 0) is 26.2 Å². The zero-order valence-electron chi connectivity index (χ0n) is 22.2. The van der Waals surface area contributed by atoms with Gasteiger partial charge in [0, 0.05) is 25.0 Å². The summed E-state index contributed by atoms with van der Waals surface area (Å²) in [4.78, 5) is 28.2. The van der Waals surface area contributed by atoms with Gasteiger partial charge in [0.1, 0.15) is 11.8 Å². The maximum absolute atomic E-state index is 13.5. The first kappa shape index (κ1) is 29.2. The molecule has 0 radical (unpaired) electrons. The number of ether oxygens (including phenoxy) is 1. The molecule has 0 aromatic heterocycles. The highest BCUT2D eigenvalue weighted by molar-refractivity contribution is 7.92. The summed E-state index contributed by atoms with van der Waals surface area (Å²) in [5.41, 5.74) is 0.906. The van der Waals surface area contributed by atoms with Crippen molar-refractivity contribution in [3.8, 4) is 5.75 Å². The van der Waals surface area contributed by atoms with Crippen molar-refractivity contribution >= 4 is 27.5 Å². The van der Waals surface area contributed by atoms with E-state index < -0.39 is 21.6 Å². The molecular formula is C27H39N3O5S. The van der Waals surface area contributed by atoms with Crippen LogP contribution in [0.2, 0.25) is 0 Å². The molecule has 0 aliphatic rings. The molecule has 0 heterocycles. The molecule has 1 unspecified atom stereocenters. The number of rotatable bonds is 12. The summed E-state index contributed by atoms with van der Waals surface area (Å²) in [5.74, 6) is 0.0224. The second-order valence-corrected chi connectivity index (χ2v) is 11.7. The summed E-state index contributed by atoms with van der Waals surface area (Å²) in [5, 5.41) is 2.99. The van der Waals surface area contributed by atoms with Gasteiger partial charge in [-0.1, -0.05) is 49.4 Å². The molecule has 2 aromatic carbocycles. The second kappa shape index (κ2) is 12.8. The van der Waals surface area contributed by atoms with E-state index >= 15 is 0 Å². The third-order valence-corrected chi connectivity index (χ3v) is 6.77. The van der Waals surface area contributed by atoms with Crippen LogP contribution >= 0.6 is 0 Å². The van der Waals surface area contributed by atoms with E-state index in [0.29, 0.717) is 17.9 Å². The van der Waals surface area contributed by atoms with Gasteiger partial charge in [-0.15, -0.1) is 0 Å². The number of sulfonamides is 1. The first-order valence-electron chi connectivity index (χ1n) is 12.1. The van der Waals surface area contributed by atoms with Crippen LogP contribution in [0.3, 0.4) is 0 Å². The highest BCUT2D eigenvalue weighted by Crippen LogP contribution is 2.29. The molecule has 1 N–H and O–H groups in total. The molecule has 9 heteroatoms. The molecule has 36 heavy (non-hydrogen) atoms. The normalized spacial score (nSPS) is 12.5. The Morgan fingerprint density at radius 3 is 2.19 bits per heavy atom. The number of para-hydroxylation sites is 2. The highest BCUT2D eigenvalue weighted by atomic mass is 32.2. The van der Waals surface area contributed by atoms with Crippen molar-refractivity contribution in [1.29, 1.82) is 0 Å². The minimum atomic E-state index is -3.61. The number of nitrogens with zero attached hydrogens (tertiary/aromatic N) is 2. The number of hydrogen-bond acceptors (Lipinski definition) is 5. The Hall–Kier alpha value is -3.07. The first-order chi connectivity index (χ1) is 16.9. The molecule has 198 valence electrons. The van der Waals surface area contributed by atoms with E-state index in [1.165, 1.54) is 11.4 Å². The van der Waals surface area contributed by atoms with Crippen molar-refractivity contribution in [2.45, 2.75) is 65.1 Å². The summed E-state index contributed by atoms with van der Waals surface area (Å²) in [6.07, 6.45) is 1.96. The number of benzene rings is 2. The van der Waals surface area contributed by atoms with Crippen LogP contribution < -0.4 is 14.4 Å². The van der Waals surface area contributed by atoms with Crippen molar-refractivity contribution in [2.24, 2.45) is 0 Å². The van der Waals surface area contributed by atoms with E-state index in [2.05, 4.69) is 5.32 Å². The third kappa shape index (κ3) is 8.55. The third-order valence-electron chi connectivity index (χ3n) is 5.59. The minimum absolute atomic E-state index is 0.0906. The van der Waals surface area contributed by atoms with Crippen LogP contribution in [0, 0.1) is 0 Å². The lowest BCUT2D eigenvalue weighted by Crippen LogP contribution is -2.53. The molecule has 0 bridgehead atoms.